The van der Waals surface area contributed by atoms with Crippen molar-refractivity contribution in [3.63, 3.8) is 0 Å². The number of amides is 2. The third-order valence-electron chi connectivity index (χ3n) is 4.59. The highest BCUT2D eigenvalue weighted by Crippen LogP contribution is 2.60. The number of hydrogen-bond donors (Lipinski definition) is 1. The summed E-state index contributed by atoms with van der Waals surface area (Å²) in [5.41, 5.74) is 6.61. The summed E-state index contributed by atoms with van der Waals surface area (Å²) in [6, 6.07) is 0. The first-order chi connectivity index (χ1) is 8.75. The average molecular weight is 264 g/mol. The molecule has 0 aromatic carbocycles. The van der Waals surface area contributed by atoms with Crippen molar-refractivity contribution in [2.24, 2.45) is 28.9 Å². The van der Waals surface area contributed by atoms with Gasteiger partial charge in [-0.25, -0.2) is 0 Å². The van der Waals surface area contributed by atoms with Crippen LogP contribution in [0.2, 0.25) is 0 Å². The minimum Gasteiger partial charge on any atom is -0.369 e. The summed E-state index contributed by atoms with van der Waals surface area (Å²) in [4.78, 5) is 25.5. The van der Waals surface area contributed by atoms with Crippen LogP contribution in [0.25, 0.3) is 0 Å². The molecule has 2 fully saturated rings. The molecule has 1 saturated heterocycles. The molecule has 2 N–H and O–H groups in total. The molecule has 2 rings (SSSR count). The maximum atomic E-state index is 12.5. The zero-order chi connectivity index (χ0) is 14.4. The summed E-state index contributed by atoms with van der Waals surface area (Å²) in [5, 5.41) is 0. The first-order valence-corrected chi connectivity index (χ1v) is 6.98. The highest BCUT2D eigenvalue weighted by atomic mass is 16.2. The Kier molecular flexibility index (Phi) is 3.45. The summed E-state index contributed by atoms with van der Waals surface area (Å²) >= 11 is 0. The zero-order valence-electron chi connectivity index (χ0n) is 12.3. The monoisotopic (exact) mass is 264 g/mol. The molecule has 0 aromatic rings. The first kappa shape index (κ1) is 14.1. The zero-order valence-corrected chi connectivity index (χ0v) is 12.3. The summed E-state index contributed by atoms with van der Waals surface area (Å²) in [6.07, 6.45) is 2.91. The van der Waals surface area contributed by atoms with Crippen LogP contribution in [0.5, 0.6) is 0 Å². The van der Waals surface area contributed by atoms with E-state index in [1.807, 2.05) is 4.90 Å². The first-order valence-electron chi connectivity index (χ1n) is 6.98. The number of nitrogens with zero attached hydrogens (tertiary/aromatic N) is 1. The van der Waals surface area contributed by atoms with Gasteiger partial charge in [-0.15, -0.1) is 0 Å². The number of nitrogens with two attached hydrogens (primary N) is 1. The van der Waals surface area contributed by atoms with E-state index >= 15 is 0 Å². The van der Waals surface area contributed by atoms with E-state index in [4.69, 9.17) is 5.73 Å². The van der Waals surface area contributed by atoms with Crippen LogP contribution >= 0.6 is 0 Å². The lowest BCUT2D eigenvalue weighted by molar-refractivity contribution is -0.132. The molecule has 4 nitrogen and oxygen atoms in total. The van der Waals surface area contributed by atoms with Gasteiger partial charge >= 0.3 is 0 Å². The molecular weight excluding hydrogens is 240 g/mol. The Morgan fingerprint density at radius 1 is 1.32 bits per heavy atom. The van der Waals surface area contributed by atoms with E-state index in [2.05, 4.69) is 33.8 Å². The van der Waals surface area contributed by atoms with Gasteiger partial charge in [0.1, 0.15) is 0 Å². The summed E-state index contributed by atoms with van der Waals surface area (Å²) in [7, 11) is 0. The highest BCUT2D eigenvalue weighted by molar-refractivity contribution is 5.85. The Morgan fingerprint density at radius 2 is 1.95 bits per heavy atom. The fraction of sp³-hybridized carbons (Fsp3) is 0.733. The van der Waals surface area contributed by atoms with E-state index in [0.29, 0.717) is 25.4 Å². The van der Waals surface area contributed by atoms with Crippen molar-refractivity contribution in [3.8, 4) is 0 Å². The third-order valence-corrected chi connectivity index (χ3v) is 4.59. The number of hydrogen-bond acceptors (Lipinski definition) is 2. The molecule has 2 amide bonds. The van der Waals surface area contributed by atoms with Crippen LogP contribution in [0.4, 0.5) is 0 Å². The van der Waals surface area contributed by atoms with Crippen LogP contribution in [0.15, 0.2) is 11.6 Å². The van der Waals surface area contributed by atoms with E-state index in [-0.39, 0.29) is 29.1 Å². The van der Waals surface area contributed by atoms with Gasteiger partial charge in [-0.2, -0.15) is 0 Å². The van der Waals surface area contributed by atoms with Gasteiger partial charge in [0.2, 0.25) is 11.8 Å². The van der Waals surface area contributed by atoms with E-state index in [1.165, 1.54) is 5.57 Å². The molecular formula is C15H24N2O2. The van der Waals surface area contributed by atoms with Crippen molar-refractivity contribution in [2.75, 3.05) is 13.1 Å². The fourth-order valence-electron chi connectivity index (χ4n) is 3.21. The second-order valence-corrected chi connectivity index (χ2v) is 6.74. The number of rotatable bonds is 3. The van der Waals surface area contributed by atoms with Crippen molar-refractivity contribution >= 4 is 11.8 Å². The molecule has 0 spiro atoms. The number of carbonyl (C=O) groups is 2. The largest absolute Gasteiger partial charge is 0.369 e. The summed E-state index contributed by atoms with van der Waals surface area (Å²) in [6.45, 7) is 9.58. The van der Waals surface area contributed by atoms with Gasteiger partial charge in [0.05, 0.1) is 11.8 Å². The quantitative estimate of drug-likeness (QED) is 0.786. The average Bonchev–Trinajstić information content (AvgIpc) is 2.67. The van der Waals surface area contributed by atoms with Crippen LogP contribution < -0.4 is 5.73 Å². The Balaban J connectivity index is 2.02. The predicted molar refractivity (Wildman–Crippen MR) is 74.1 cm³/mol. The Bertz CT molecular complexity index is 435. The molecule has 1 heterocycles. The van der Waals surface area contributed by atoms with E-state index in [0.717, 1.165) is 0 Å². The van der Waals surface area contributed by atoms with Gasteiger partial charge in [-0.1, -0.05) is 25.5 Å². The van der Waals surface area contributed by atoms with Crippen molar-refractivity contribution < 1.29 is 9.59 Å². The van der Waals surface area contributed by atoms with Gasteiger partial charge in [0.25, 0.3) is 0 Å². The van der Waals surface area contributed by atoms with Gasteiger partial charge in [0.15, 0.2) is 0 Å². The molecule has 0 radical (unpaired) electrons. The van der Waals surface area contributed by atoms with Gasteiger partial charge < -0.3 is 10.6 Å². The maximum absolute atomic E-state index is 12.5. The summed E-state index contributed by atoms with van der Waals surface area (Å²) < 4.78 is 0. The lowest BCUT2D eigenvalue weighted by atomic mass is 10.1. The van der Waals surface area contributed by atoms with Gasteiger partial charge in [-0.3, -0.25) is 9.59 Å². The van der Waals surface area contributed by atoms with Crippen molar-refractivity contribution in [3.05, 3.63) is 11.6 Å². The lowest BCUT2D eigenvalue weighted by Crippen LogP contribution is -2.33. The van der Waals surface area contributed by atoms with Crippen molar-refractivity contribution in [1.82, 2.24) is 4.90 Å². The molecule has 1 aliphatic carbocycles. The van der Waals surface area contributed by atoms with Gasteiger partial charge in [0, 0.05) is 13.1 Å². The van der Waals surface area contributed by atoms with Crippen LogP contribution in [0, 0.1) is 23.2 Å². The molecule has 0 aromatic heterocycles. The van der Waals surface area contributed by atoms with Crippen LogP contribution in [-0.4, -0.2) is 29.8 Å². The van der Waals surface area contributed by atoms with Gasteiger partial charge in [-0.05, 0) is 31.6 Å². The number of carbonyl (C=O) groups excluding carboxylic acids is 2. The molecule has 1 saturated carbocycles. The highest BCUT2D eigenvalue weighted by Gasteiger charge is 2.61. The van der Waals surface area contributed by atoms with E-state index in [1.54, 1.807) is 0 Å². The van der Waals surface area contributed by atoms with Crippen LogP contribution in [0.3, 0.4) is 0 Å². The fourth-order valence-corrected chi connectivity index (χ4v) is 3.21. The normalized spacial score (nSPS) is 32.0. The molecule has 1 aliphatic heterocycles. The van der Waals surface area contributed by atoms with Crippen molar-refractivity contribution in [2.45, 2.75) is 34.1 Å². The van der Waals surface area contributed by atoms with E-state index < -0.39 is 0 Å². The Hall–Kier alpha value is -1.32. The number of likely N-dealkylation sites (tertiary alicyclic amines) is 1. The molecule has 106 valence electrons. The smallest absolute Gasteiger partial charge is 0.226 e. The van der Waals surface area contributed by atoms with Crippen molar-refractivity contribution in [1.29, 1.82) is 0 Å². The molecule has 2 aliphatic rings. The molecule has 0 bridgehead atoms. The minimum absolute atomic E-state index is 0.0408. The molecule has 0 unspecified atom stereocenters. The minimum atomic E-state index is -0.286. The Morgan fingerprint density at radius 3 is 2.42 bits per heavy atom. The SMILES string of the molecule is CC(C)=C[C@@H]1[C@@H](C(=O)N2CC[C@H](C(N)=O)C2)C1(C)C. The maximum Gasteiger partial charge on any atom is 0.226 e. The summed E-state index contributed by atoms with van der Waals surface area (Å²) in [5.74, 6) is 0.141. The standard InChI is InChI=1S/C15H24N2O2/c1-9(2)7-11-12(15(11,3)4)14(19)17-6-5-10(8-17)13(16)18/h7,10-12H,5-6,8H2,1-4H3,(H2,16,18)/t10-,11+,12-/m0/s1. The predicted octanol–water partition coefficient (Wildman–Crippen LogP) is 1.56. The van der Waals surface area contributed by atoms with E-state index in [9.17, 15) is 9.59 Å². The molecule has 19 heavy (non-hydrogen) atoms. The lowest BCUT2D eigenvalue weighted by Gasteiger charge is -2.16. The Labute approximate surface area is 115 Å². The third kappa shape index (κ3) is 2.53. The number of allylic oxidation sites excluding steroid dienone is 2. The van der Waals surface area contributed by atoms with Crippen LogP contribution in [-0.2, 0) is 9.59 Å². The second-order valence-electron chi connectivity index (χ2n) is 6.74. The molecule has 3 atom stereocenters. The molecule has 4 heteroatoms. The second kappa shape index (κ2) is 4.66. The topological polar surface area (TPSA) is 63.4 Å². The van der Waals surface area contributed by atoms with Crippen LogP contribution in [0.1, 0.15) is 34.1 Å². The number of primary amides is 1.